The van der Waals surface area contributed by atoms with E-state index in [1.54, 1.807) is 12.1 Å². The first-order valence-corrected chi connectivity index (χ1v) is 11.1. The lowest BCUT2D eigenvalue weighted by Crippen LogP contribution is -2.36. The molecule has 178 valence electrons. The number of hydrogen-bond donors (Lipinski definition) is 2. The van der Waals surface area contributed by atoms with Crippen molar-refractivity contribution >= 4 is 46.5 Å². The Labute approximate surface area is 200 Å². The fraction of sp³-hybridized carbons (Fsp3) is 0.250. The van der Waals surface area contributed by atoms with Crippen LogP contribution >= 0.6 is 11.8 Å². The van der Waals surface area contributed by atoms with E-state index < -0.39 is 35.7 Å². The van der Waals surface area contributed by atoms with Crippen molar-refractivity contribution in [3.8, 4) is 11.5 Å². The number of para-hydroxylation sites is 1. The number of benzene rings is 2. The number of carboxylic acids is 1. The van der Waals surface area contributed by atoms with E-state index in [2.05, 4.69) is 5.32 Å². The molecule has 2 aromatic rings. The summed E-state index contributed by atoms with van der Waals surface area (Å²) in [5, 5.41) is 11.2. The number of amides is 3. The van der Waals surface area contributed by atoms with Gasteiger partial charge in [-0.15, -0.1) is 0 Å². The maximum absolute atomic E-state index is 12.8. The Morgan fingerprint density at radius 3 is 2.44 bits per heavy atom. The van der Waals surface area contributed by atoms with Crippen molar-refractivity contribution in [2.75, 3.05) is 19.0 Å². The first kappa shape index (κ1) is 24.8. The van der Waals surface area contributed by atoms with Crippen LogP contribution in [0.4, 0.5) is 10.5 Å². The summed E-state index contributed by atoms with van der Waals surface area (Å²) in [6.45, 7) is 4.71. The number of nitrogens with zero attached hydrogens (tertiary/aromatic N) is 1. The van der Waals surface area contributed by atoms with Crippen LogP contribution in [0.3, 0.4) is 0 Å². The average Bonchev–Trinajstić information content (AvgIpc) is 3.04. The van der Waals surface area contributed by atoms with E-state index >= 15 is 0 Å². The fourth-order valence-corrected chi connectivity index (χ4v) is 4.07. The molecule has 0 bridgehead atoms. The average molecular weight is 485 g/mol. The van der Waals surface area contributed by atoms with Crippen LogP contribution < -0.4 is 14.8 Å². The molecule has 1 atom stereocenters. The number of hydrogen-bond acceptors (Lipinski definition) is 7. The third kappa shape index (κ3) is 5.57. The molecular weight excluding hydrogens is 460 g/mol. The molecule has 1 fully saturated rings. The van der Waals surface area contributed by atoms with Crippen LogP contribution in [0.15, 0.2) is 41.3 Å². The summed E-state index contributed by atoms with van der Waals surface area (Å²) in [6, 6.07) is 10.3. The van der Waals surface area contributed by atoms with Gasteiger partial charge in [-0.3, -0.25) is 19.3 Å². The molecule has 0 radical (unpaired) electrons. The van der Waals surface area contributed by atoms with E-state index in [4.69, 9.17) is 14.6 Å². The quantitative estimate of drug-likeness (QED) is 0.542. The van der Waals surface area contributed by atoms with Crippen molar-refractivity contribution in [2.45, 2.75) is 26.9 Å². The zero-order chi connectivity index (χ0) is 25.0. The minimum Gasteiger partial charge on any atom is -0.493 e. The molecule has 1 heterocycles. The van der Waals surface area contributed by atoms with Gasteiger partial charge in [0.05, 0.1) is 12.0 Å². The van der Waals surface area contributed by atoms with Gasteiger partial charge in [0.2, 0.25) is 5.91 Å². The highest BCUT2D eigenvalue weighted by atomic mass is 32.2. The van der Waals surface area contributed by atoms with Crippen molar-refractivity contribution in [1.82, 2.24) is 4.90 Å². The predicted octanol–water partition coefficient (Wildman–Crippen LogP) is 3.84. The molecule has 3 rings (SSSR count). The number of nitrogens with one attached hydrogen (secondary N) is 1. The molecule has 10 heteroatoms. The van der Waals surface area contributed by atoms with E-state index in [0.29, 0.717) is 11.3 Å². The number of carboxylic acid groups (broad SMARTS) is 1. The lowest BCUT2D eigenvalue weighted by molar-refractivity contribution is -0.144. The molecule has 0 spiro atoms. The summed E-state index contributed by atoms with van der Waals surface area (Å²) in [4.78, 5) is 49.8. The lowest BCUT2D eigenvalue weighted by atomic mass is 10.1. The molecule has 0 aliphatic carbocycles. The number of ether oxygens (including phenoxy) is 2. The van der Waals surface area contributed by atoms with Gasteiger partial charge in [-0.1, -0.05) is 24.3 Å². The second kappa shape index (κ2) is 10.4. The minimum absolute atomic E-state index is 0.152. The highest BCUT2D eigenvalue weighted by molar-refractivity contribution is 8.18. The van der Waals surface area contributed by atoms with Gasteiger partial charge in [0.25, 0.3) is 11.1 Å². The Kier molecular flexibility index (Phi) is 7.62. The normalized spacial score (nSPS) is 15.4. The maximum atomic E-state index is 12.8. The topological polar surface area (TPSA) is 122 Å². The van der Waals surface area contributed by atoms with Crippen LogP contribution in [0, 0.1) is 13.8 Å². The highest BCUT2D eigenvalue weighted by Crippen LogP contribution is 2.35. The number of thioether (sulfide) groups is 1. The van der Waals surface area contributed by atoms with E-state index in [9.17, 15) is 19.2 Å². The summed E-state index contributed by atoms with van der Waals surface area (Å²) >= 11 is 0.732. The van der Waals surface area contributed by atoms with Crippen LogP contribution in [0.25, 0.3) is 6.08 Å². The van der Waals surface area contributed by atoms with Gasteiger partial charge < -0.3 is 19.9 Å². The molecule has 1 saturated heterocycles. The predicted molar refractivity (Wildman–Crippen MR) is 128 cm³/mol. The largest absolute Gasteiger partial charge is 0.493 e. The van der Waals surface area contributed by atoms with E-state index in [1.165, 1.54) is 26.2 Å². The maximum Gasteiger partial charge on any atom is 0.344 e. The number of aryl methyl sites for hydroxylation is 2. The zero-order valence-corrected chi connectivity index (χ0v) is 19.9. The van der Waals surface area contributed by atoms with Gasteiger partial charge in [-0.2, -0.15) is 0 Å². The molecule has 34 heavy (non-hydrogen) atoms. The van der Waals surface area contributed by atoms with Crippen LogP contribution in [-0.2, 0) is 14.4 Å². The number of imide groups is 1. The number of carbonyl (C=O) groups is 4. The Hall–Kier alpha value is -3.79. The van der Waals surface area contributed by atoms with Crippen LogP contribution in [0.5, 0.6) is 11.5 Å². The molecule has 0 aromatic heterocycles. The van der Waals surface area contributed by atoms with Crippen molar-refractivity contribution in [3.05, 3.63) is 58.0 Å². The highest BCUT2D eigenvalue weighted by Gasteiger charge is 2.36. The standard InChI is InChI=1S/C24H24N2O7S/c1-13-6-5-7-14(2)21(13)25-20(27)12-26-22(28)19(34-24(26)31)11-16-8-9-17(18(10-16)32-4)33-15(3)23(29)30/h5-11,15H,12H2,1-4H3,(H,25,27)(H,29,30)/b19-11+/t15-/m1/s1. The molecule has 2 N–H and O–H groups in total. The van der Waals surface area contributed by atoms with E-state index in [-0.39, 0.29) is 16.4 Å². The Balaban J connectivity index is 1.74. The lowest BCUT2D eigenvalue weighted by Gasteiger charge is -2.15. The third-order valence-corrected chi connectivity index (χ3v) is 5.97. The van der Waals surface area contributed by atoms with Gasteiger partial charge in [-0.05, 0) is 67.4 Å². The van der Waals surface area contributed by atoms with Crippen LogP contribution in [0.1, 0.15) is 23.6 Å². The summed E-state index contributed by atoms with van der Waals surface area (Å²) in [5.74, 6) is -1.68. The zero-order valence-electron chi connectivity index (χ0n) is 19.1. The second-order valence-electron chi connectivity index (χ2n) is 7.59. The minimum atomic E-state index is -1.12. The van der Waals surface area contributed by atoms with Gasteiger partial charge in [-0.25, -0.2) is 4.79 Å². The first-order chi connectivity index (χ1) is 16.1. The Morgan fingerprint density at radius 2 is 1.82 bits per heavy atom. The fourth-order valence-electron chi connectivity index (χ4n) is 3.23. The smallest absolute Gasteiger partial charge is 0.344 e. The summed E-state index contributed by atoms with van der Waals surface area (Å²) in [5.41, 5.74) is 2.95. The molecule has 1 aliphatic rings. The van der Waals surface area contributed by atoms with E-state index in [1.807, 2.05) is 32.0 Å². The summed E-state index contributed by atoms with van der Waals surface area (Å²) < 4.78 is 10.6. The number of carbonyl (C=O) groups excluding carboxylic acids is 3. The Bertz CT molecular complexity index is 1170. The molecule has 3 amide bonds. The molecular formula is C24H24N2O7S. The number of rotatable bonds is 8. The third-order valence-electron chi connectivity index (χ3n) is 5.06. The molecule has 1 aliphatic heterocycles. The first-order valence-electron chi connectivity index (χ1n) is 10.3. The summed E-state index contributed by atoms with van der Waals surface area (Å²) in [6.07, 6.45) is 0.423. The molecule has 2 aromatic carbocycles. The van der Waals surface area contributed by atoms with Gasteiger partial charge in [0.1, 0.15) is 6.54 Å². The van der Waals surface area contributed by atoms with Crippen molar-refractivity contribution < 1.29 is 33.8 Å². The van der Waals surface area contributed by atoms with Gasteiger partial charge in [0.15, 0.2) is 17.6 Å². The number of aliphatic carboxylic acids is 1. The van der Waals surface area contributed by atoms with Crippen molar-refractivity contribution in [1.29, 1.82) is 0 Å². The van der Waals surface area contributed by atoms with Crippen molar-refractivity contribution in [3.63, 3.8) is 0 Å². The molecule has 0 saturated carbocycles. The van der Waals surface area contributed by atoms with Crippen LogP contribution in [0.2, 0.25) is 0 Å². The summed E-state index contributed by atoms with van der Waals surface area (Å²) in [7, 11) is 1.40. The molecule has 9 nitrogen and oxygen atoms in total. The van der Waals surface area contributed by atoms with Crippen molar-refractivity contribution in [2.24, 2.45) is 0 Å². The van der Waals surface area contributed by atoms with E-state index in [0.717, 1.165) is 27.8 Å². The van der Waals surface area contributed by atoms with Crippen LogP contribution in [-0.4, -0.2) is 52.8 Å². The van der Waals surface area contributed by atoms with Gasteiger partial charge >= 0.3 is 5.97 Å². The second-order valence-corrected chi connectivity index (χ2v) is 8.58. The van der Waals surface area contributed by atoms with Gasteiger partial charge in [0, 0.05) is 5.69 Å². The Morgan fingerprint density at radius 1 is 1.15 bits per heavy atom. The number of anilines is 1. The SMILES string of the molecule is COc1cc(/C=C2/SC(=O)N(CC(=O)Nc3c(C)cccc3C)C2=O)ccc1O[C@H](C)C(=O)O. The molecule has 0 unspecified atom stereocenters. The number of methoxy groups -OCH3 is 1. The monoisotopic (exact) mass is 484 g/mol.